The summed E-state index contributed by atoms with van der Waals surface area (Å²) in [6, 6.07) is 5.26. The molecule has 0 atom stereocenters. The van der Waals surface area contributed by atoms with Gasteiger partial charge in [0.2, 0.25) is 10.0 Å². The summed E-state index contributed by atoms with van der Waals surface area (Å²) < 4.78 is 104. The zero-order valence-electron chi connectivity index (χ0n) is 15.7. The summed E-state index contributed by atoms with van der Waals surface area (Å²) in [7, 11) is -13.4. The Labute approximate surface area is 178 Å². The number of sulfonamides is 1. The molecule has 0 heterocycles. The van der Waals surface area contributed by atoms with Crippen molar-refractivity contribution in [3.63, 3.8) is 0 Å². The number of carbonyl (C=O) groups excluding carboxylic acids is 1. The van der Waals surface area contributed by atoms with Crippen molar-refractivity contribution in [3.8, 4) is 0 Å². The first-order valence-electron chi connectivity index (χ1n) is 8.18. The molecule has 0 saturated heterocycles. The predicted octanol–water partition coefficient (Wildman–Crippen LogP) is 5.50. The van der Waals surface area contributed by atoms with Crippen molar-refractivity contribution < 1.29 is 37.0 Å². The Morgan fingerprint density at radius 2 is 1.58 bits per heavy atom. The van der Waals surface area contributed by atoms with Gasteiger partial charge in [0, 0.05) is 12.3 Å². The molecule has 6 nitrogen and oxygen atoms in total. The highest BCUT2D eigenvalue weighted by molar-refractivity contribution is 8.45. The molecule has 0 radical (unpaired) electrons. The van der Waals surface area contributed by atoms with Crippen LogP contribution in [0.15, 0.2) is 47.4 Å². The quantitative estimate of drug-likeness (QED) is 0.324. The molecule has 0 aliphatic carbocycles. The Bertz CT molecular complexity index is 1080. The van der Waals surface area contributed by atoms with Crippen LogP contribution in [0.25, 0.3) is 0 Å². The van der Waals surface area contributed by atoms with Gasteiger partial charge in [-0.1, -0.05) is 37.6 Å². The maximum Gasteiger partial charge on any atom is 0.325 e. The molecule has 0 fully saturated rings. The van der Waals surface area contributed by atoms with Crippen LogP contribution in [0.5, 0.6) is 0 Å². The summed E-state index contributed by atoms with van der Waals surface area (Å²) in [4.78, 5) is 9.75. The number of hydrogen-bond acceptors (Lipinski definition) is 4. The topological polar surface area (TPSA) is 87.3 Å². The fourth-order valence-corrected chi connectivity index (χ4v) is 4.05. The molecule has 174 valence electrons. The lowest BCUT2D eigenvalue weighted by Gasteiger charge is -2.40. The summed E-state index contributed by atoms with van der Waals surface area (Å²) in [5.74, 6) is -0.830. The van der Waals surface area contributed by atoms with Crippen molar-refractivity contribution in [2.24, 2.45) is 0 Å². The number of nitrogens with one attached hydrogen (secondary N) is 3. The molecular formula is C16H17F6N3O3S3. The number of amides is 2. The molecule has 0 aliphatic heterocycles. The first-order valence-corrected chi connectivity index (χ1v) is 13.0. The number of benzene rings is 2. The normalized spacial score (nSPS) is 14.3. The van der Waals surface area contributed by atoms with E-state index in [0.29, 0.717) is 5.56 Å². The molecule has 0 bridgehead atoms. The average Bonchev–Trinajstić information content (AvgIpc) is 2.59. The van der Waals surface area contributed by atoms with Crippen LogP contribution in [0, 0.1) is 5.82 Å². The fourth-order valence-electron chi connectivity index (χ4n) is 2.20. The molecule has 15 heteroatoms. The van der Waals surface area contributed by atoms with E-state index >= 15 is 0 Å². The van der Waals surface area contributed by atoms with Crippen molar-refractivity contribution in [1.29, 1.82) is 0 Å². The van der Waals surface area contributed by atoms with Crippen LogP contribution in [0.2, 0.25) is 0 Å². The molecule has 0 saturated carbocycles. The second-order valence-corrected chi connectivity index (χ2v) is 11.3. The van der Waals surface area contributed by atoms with Gasteiger partial charge in [0.1, 0.15) is 10.7 Å². The highest BCUT2D eigenvalue weighted by Gasteiger charge is 2.65. The maximum atomic E-state index is 13.9. The summed E-state index contributed by atoms with van der Waals surface area (Å²) in [6.07, 6.45) is 0.866. The molecule has 2 amide bonds. The lowest BCUT2D eigenvalue weighted by atomic mass is 10.2. The SMILES string of the molecule is CS(=O)(=O)Nc1ccc(CNC(=O)NSCc2ccc(S(F)(F)(F)(F)F)cc2)cc1F. The first kappa shape index (κ1) is 25.0. The van der Waals surface area contributed by atoms with Crippen LogP contribution in [-0.2, 0) is 22.3 Å². The number of halogens is 6. The first-order chi connectivity index (χ1) is 13.9. The number of rotatable bonds is 8. The van der Waals surface area contributed by atoms with Gasteiger partial charge in [-0.25, -0.2) is 17.6 Å². The zero-order chi connectivity index (χ0) is 23.6. The van der Waals surface area contributed by atoms with E-state index in [1.54, 1.807) is 0 Å². The van der Waals surface area contributed by atoms with E-state index in [4.69, 9.17) is 0 Å². The highest BCUT2D eigenvalue weighted by atomic mass is 32.5. The Hall–Kier alpha value is -2.26. The largest absolute Gasteiger partial charge is 0.333 e. The molecule has 0 unspecified atom stereocenters. The maximum absolute atomic E-state index is 13.9. The average molecular weight is 510 g/mol. The minimum absolute atomic E-state index is 0.00844. The van der Waals surface area contributed by atoms with E-state index in [-0.39, 0.29) is 35.7 Å². The number of carbonyl (C=O) groups is 1. The van der Waals surface area contributed by atoms with E-state index in [1.807, 2.05) is 4.72 Å². The Kier molecular flexibility index (Phi) is 6.47. The third-order valence-corrected chi connectivity index (χ3v) is 6.12. The van der Waals surface area contributed by atoms with E-state index in [0.717, 1.165) is 36.4 Å². The van der Waals surface area contributed by atoms with Gasteiger partial charge in [-0.3, -0.25) is 9.44 Å². The van der Waals surface area contributed by atoms with Crippen molar-refractivity contribution in [2.45, 2.75) is 17.2 Å². The van der Waals surface area contributed by atoms with E-state index in [1.165, 1.54) is 12.1 Å². The van der Waals surface area contributed by atoms with Gasteiger partial charge >= 0.3 is 16.3 Å². The second-order valence-electron chi connectivity index (χ2n) is 6.37. The molecule has 0 spiro atoms. The molecule has 3 N–H and O–H groups in total. The Morgan fingerprint density at radius 3 is 2.10 bits per heavy atom. The van der Waals surface area contributed by atoms with Crippen LogP contribution in [0.1, 0.15) is 11.1 Å². The van der Waals surface area contributed by atoms with Crippen molar-refractivity contribution in [2.75, 3.05) is 11.0 Å². The van der Waals surface area contributed by atoms with E-state index in [9.17, 15) is 37.0 Å². The van der Waals surface area contributed by atoms with Gasteiger partial charge in [-0.2, -0.15) is 0 Å². The highest BCUT2D eigenvalue weighted by Crippen LogP contribution is 3.02. The molecule has 31 heavy (non-hydrogen) atoms. The third kappa shape index (κ3) is 8.41. The second kappa shape index (κ2) is 8.02. The van der Waals surface area contributed by atoms with Crippen LogP contribution in [-0.4, -0.2) is 20.7 Å². The smallest absolute Gasteiger partial charge is 0.325 e. The van der Waals surface area contributed by atoms with E-state index < -0.39 is 37.0 Å². The molecule has 2 aromatic carbocycles. The van der Waals surface area contributed by atoms with Gasteiger partial charge in [0.15, 0.2) is 0 Å². The van der Waals surface area contributed by atoms with E-state index in [2.05, 4.69) is 10.0 Å². The molecular weight excluding hydrogens is 492 g/mol. The standard InChI is InChI=1S/C16H17F6N3O3S3/c1-30(27,28)25-15-7-4-12(8-14(15)17)9-23-16(26)24-29-10-11-2-5-13(6-3-11)31(18,19,20,21)22/h2-8,25H,9-10H2,1H3,(H2,23,24,26). The molecule has 0 aromatic heterocycles. The van der Waals surface area contributed by atoms with Crippen LogP contribution < -0.4 is 14.8 Å². The summed E-state index contributed by atoms with van der Waals surface area (Å²) >= 11 is 0.801. The lowest BCUT2D eigenvalue weighted by molar-refractivity contribution is 0.246. The summed E-state index contributed by atoms with van der Waals surface area (Å²) in [6.45, 7) is -0.0962. The fraction of sp³-hybridized carbons (Fsp3) is 0.188. The van der Waals surface area contributed by atoms with Crippen LogP contribution in [0.3, 0.4) is 0 Å². The zero-order valence-corrected chi connectivity index (χ0v) is 18.1. The third-order valence-electron chi connectivity index (χ3n) is 3.55. The monoisotopic (exact) mass is 509 g/mol. The molecule has 0 aliphatic rings. The van der Waals surface area contributed by atoms with Crippen molar-refractivity contribution >= 4 is 43.9 Å². The van der Waals surface area contributed by atoms with Gasteiger partial charge in [0.05, 0.1) is 11.9 Å². The predicted molar refractivity (Wildman–Crippen MR) is 109 cm³/mol. The summed E-state index contributed by atoms with van der Waals surface area (Å²) in [5, 5.41) is 2.40. The van der Waals surface area contributed by atoms with Crippen molar-refractivity contribution in [1.82, 2.24) is 10.0 Å². The molecule has 2 rings (SSSR count). The summed E-state index contributed by atoms with van der Waals surface area (Å²) in [5.41, 5.74) is 0.359. The molecule has 2 aromatic rings. The number of anilines is 1. The number of hydrogen-bond donors (Lipinski definition) is 3. The van der Waals surface area contributed by atoms with Crippen LogP contribution >= 0.6 is 22.2 Å². The minimum Gasteiger partial charge on any atom is -0.333 e. The van der Waals surface area contributed by atoms with Gasteiger partial charge in [-0.05, 0) is 47.3 Å². The van der Waals surface area contributed by atoms with Gasteiger partial charge in [-0.15, -0.1) is 0 Å². The lowest BCUT2D eigenvalue weighted by Crippen LogP contribution is -2.30. The van der Waals surface area contributed by atoms with Crippen molar-refractivity contribution in [3.05, 3.63) is 59.4 Å². The minimum atomic E-state index is -9.72. The van der Waals surface area contributed by atoms with Crippen LogP contribution in [0.4, 0.5) is 34.3 Å². The Balaban J connectivity index is 1.82. The van der Waals surface area contributed by atoms with Gasteiger partial charge < -0.3 is 5.32 Å². The Morgan fingerprint density at radius 1 is 1.00 bits per heavy atom. The van der Waals surface area contributed by atoms with Gasteiger partial charge in [0.25, 0.3) is 0 Å². The number of urea groups is 1.